The molecule has 1 atom stereocenters. The zero-order valence-electron chi connectivity index (χ0n) is 17.4. The quantitative estimate of drug-likeness (QED) is 0.430. The van der Waals surface area contributed by atoms with Crippen molar-refractivity contribution in [1.82, 2.24) is 4.98 Å². The SMILES string of the molecule is C=CCOc1ccc(C2c3c(oc4ccccc4c3=O)C(=O)N2c2cccc(C)n2)cc1. The van der Waals surface area contributed by atoms with Gasteiger partial charge in [0.05, 0.1) is 17.0 Å². The predicted molar refractivity (Wildman–Crippen MR) is 122 cm³/mol. The molecule has 4 aromatic rings. The molecule has 32 heavy (non-hydrogen) atoms. The molecule has 1 aliphatic rings. The van der Waals surface area contributed by atoms with Crippen molar-refractivity contribution in [2.45, 2.75) is 13.0 Å². The Morgan fingerprint density at radius 3 is 2.59 bits per heavy atom. The van der Waals surface area contributed by atoms with Crippen LogP contribution in [0.2, 0.25) is 0 Å². The van der Waals surface area contributed by atoms with Crippen LogP contribution in [-0.4, -0.2) is 17.5 Å². The molecule has 0 aliphatic carbocycles. The smallest absolute Gasteiger partial charge is 0.296 e. The van der Waals surface area contributed by atoms with Crippen LogP contribution in [0, 0.1) is 6.92 Å². The van der Waals surface area contributed by atoms with Crippen LogP contribution in [0.5, 0.6) is 5.75 Å². The topological polar surface area (TPSA) is 72.6 Å². The second kappa shape index (κ2) is 7.81. The molecule has 0 bridgehead atoms. The number of aromatic nitrogens is 1. The number of rotatable bonds is 5. The molecule has 6 nitrogen and oxygen atoms in total. The lowest BCUT2D eigenvalue weighted by Crippen LogP contribution is -2.30. The second-order valence-corrected chi connectivity index (χ2v) is 7.55. The number of hydrogen-bond donors (Lipinski definition) is 0. The third-order valence-electron chi connectivity index (χ3n) is 5.46. The number of carbonyl (C=O) groups excluding carboxylic acids is 1. The molecule has 5 rings (SSSR count). The van der Waals surface area contributed by atoms with Crippen molar-refractivity contribution in [3.8, 4) is 5.75 Å². The van der Waals surface area contributed by atoms with Gasteiger partial charge in [-0.1, -0.05) is 43.0 Å². The zero-order valence-corrected chi connectivity index (χ0v) is 17.4. The Balaban J connectivity index is 1.72. The van der Waals surface area contributed by atoms with Crippen LogP contribution in [0.25, 0.3) is 11.0 Å². The van der Waals surface area contributed by atoms with Crippen molar-refractivity contribution in [1.29, 1.82) is 0 Å². The summed E-state index contributed by atoms with van der Waals surface area (Å²) in [7, 11) is 0. The summed E-state index contributed by atoms with van der Waals surface area (Å²) < 4.78 is 11.5. The van der Waals surface area contributed by atoms with Crippen molar-refractivity contribution in [3.63, 3.8) is 0 Å². The van der Waals surface area contributed by atoms with Gasteiger partial charge in [-0.05, 0) is 48.9 Å². The first kappa shape index (κ1) is 19.8. The van der Waals surface area contributed by atoms with E-state index in [-0.39, 0.29) is 11.2 Å². The Labute approximate surface area is 184 Å². The number of para-hydroxylation sites is 1. The standard InChI is InChI=1S/C26H20N2O4/c1-3-15-31-18-13-11-17(12-14-18)23-22-24(29)19-8-4-5-9-20(19)32-25(22)26(30)28(23)21-10-6-7-16(2)27-21/h3-14,23H,1,15H2,2H3. The number of anilines is 1. The first-order valence-electron chi connectivity index (χ1n) is 10.2. The van der Waals surface area contributed by atoms with E-state index in [0.717, 1.165) is 11.3 Å². The maximum Gasteiger partial charge on any atom is 0.296 e. The minimum absolute atomic E-state index is 0.0500. The monoisotopic (exact) mass is 424 g/mol. The van der Waals surface area contributed by atoms with E-state index in [2.05, 4.69) is 11.6 Å². The maximum absolute atomic E-state index is 13.5. The van der Waals surface area contributed by atoms with Gasteiger partial charge >= 0.3 is 0 Å². The van der Waals surface area contributed by atoms with E-state index in [1.54, 1.807) is 36.4 Å². The van der Waals surface area contributed by atoms with Crippen molar-refractivity contribution >= 4 is 22.7 Å². The van der Waals surface area contributed by atoms with Crippen LogP contribution < -0.4 is 15.1 Å². The van der Waals surface area contributed by atoms with E-state index in [4.69, 9.17) is 9.15 Å². The fraction of sp³-hybridized carbons (Fsp3) is 0.115. The minimum Gasteiger partial charge on any atom is -0.490 e. The van der Waals surface area contributed by atoms with Gasteiger partial charge in [-0.3, -0.25) is 14.5 Å². The molecular formula is C26H20N2O4. The number of benzene rings is 2. The normalized spacial score (nSPS) is 15.1. The molecule has 0 radical (unpaired) electrons. The van der Waals surface area contributed by atoms with Crippen molar-refractivity contribution in [2.24, 2.45) is 0 Å². The highest BCUT2D eigenvalue weighted by atomic mass is 16.5. The van der Waals surface area contributed by atoms with Crippen LogP contribution in [0.1, 0.15) is 33.4 Å². The molecule has 158 valence electrons. The van der Waals surface area contributed by atoms with E-state index in [9.17, 15) is 9.59 Å². The molecule has 0 saturated heterocycles. The molecule has 6 heteroatoms. The summed E-state index contributed by atoms with van der Waals surface area (Å²) in [5, 5.41) is 0.439. The molecule has 3 heterocycles. The van der Waals surface area contributed by atoms with Gasteiger partial charge in [0, 0.05) is 5.69 Å². The first-order chi connectivity index (χ1) is 15.6. The molecule has 1 amide bonds. The Hall–Kier alpha value is -4.19. The predicted octanol–water partition coefficient (Wildman–Crippen LogP) is 4.81. The average Bonchev–Trinajstić information content (AvgIpc) is 3.11. The van der Waals surface area contributed by atoms with E-state index in [1.165, 1.54) is 4.90 Å². The number of carbonyl (C=O) groups is 1. The van der Waals surface area contributed by atoms with Gasteiger partial charge < -0.3 is 9.15 Å². The van der Waals surface area contributed by atoms with E-state index >= 15 is 0 Å². The molecule has 0 spiro atoms. The highest BCUT2D eigenvalue weighted by Gasteiger charge is 2.44. The van der Waals surface area contributed by atoms with Crippen LogP contribution in [0.3, 0.4) is 0 Å². The fourth-order valence-electron chi connectivity index (χ4n) is 4.04. The van der Waals surface area contributed by atoms with Gasteiger partial charge in [0.15, 0.2) is 5.43 Å². The number of aryl methyl sites for hydroxylation is 1. The summed E-state index contributed by atoms with van der Waals surface area (Å²) in [6, 6.07) is 19.1. The number of pyridine rings is 1. The summed E-state index contributed by atoms with van der Waals surface area (Å²) in [5.74, 6) is 0.790. The molecular weight excluding hydrogens is 404 g/mol. The molecule has 2 aromatic carbocycles. The summed E-state index contributed by atoms with van der Waals surface area (Å²) in [5.41, 5.74) is 2.01. The number of nitrogens with zero attached hydrogens (tertiary/aromatic N) is 2. The van der Waals surface area contributed by atoms with Gasteiger partial charge in [-0.25, -0.2) is 4.98 Å². The lowest BCUT2D eigenvalue weighted by Gasteiger charge is -2.24. The van der Waals surface area contributed by atoms with E-state index < -0.39 is 11.9 Å². The Kier molecular flexibility index (Phi) is 4.82. The third kappa shape index (κ3) is 3.17. The summed E-state index contributed by atoms with van der Waals surface area (Å²) in [6.45, 7) is 5.90. The average molecular weight is 424 g/mol. The largest absolute Gasteiger partial charge is 0.490 e. The zero-order chi connectivity index (χ0) is 22.2. The third-order valence-corrected chi connectivity index (χ3v) is 5.46. The van der Waals surface area contributed by atoms with Crippen LogP contribution in [0.4, 0.5) is 5.82 Å². The molecule has 1 unspecified atom stereocenters. The summed E-state index contributed by atoms with van der Waals surface area (Å²) >= 11 is 0. The fourth-order valence-corrected chi connectivity index (χ4v) is 4.04. The summed E-state index contributed by atoms with van der Waals surface area (Å²) in [4.78, 5) is 33.1. The van der Waals surface area contributed by atoms with Crippen LogP contribution in [0.15, 0.2) is 88.6 Å². The maximum atomic E-state index is 13.5. The van der Waals surface area contributed by atoms with Gasteiger partial charge in [-0.15, -0.1) is 0 Å². The minimum atomic E-state index is -0.666. The molecule has 2 aromatic heterocycles. The van der Waals surface area contributed by atoms with Crippen LogP contribution >= 0.6 is 0 Å². The number of hydrogen-bond acceptors (Lipinski definition) is 5. The van der Waals surface area contributed by atoms with Crippen LogP contribution in [-0.2, 0) is 0 Å². The molecule has 0 saturated carbocycles. The van der Waals surface area contributed by atoms with Crippen molar-refractivity contribution in [3.05, 3.63) is 112 Å². The van der Waals surface area contributed by atoms with Gasteiger partial charge in [0.25, 0.3) is 5.91 Å². The van der Waals surface area contributed by atoms with Gasteiger partial charge in [0.1, 0.15) is 23.8 Å². The van der Waals surface area contributed by atoms with Gasteiger partial charge in [-0.2, -0.15) is 0 Å². The molecule has 0 N–H and O–H groups in total. The van der Waals surface area contributed by atoms with Gasteiger partial charge in [0.2, 0.25) is 5.76 Å². The number of amides is 1. The summed E-state index contributed by atoms with van der Waals surface area (Å²) in [6.07, 6.45) is 1.67. The van der Waals surface area contributed by atoms with E-state index in [1.807, 2.05) is 43.3 Å². The highest BCUT2D eigenvalue weighted by molar-refractivity contribution is 6.10. The molecule has 1 aliphatic heterocycles. The Morgan fingerprint density at radius 1 is 1.06 bits per heavy atom. The number of fused-ring (bicyclic) bond motifs is 2. The second-order valence-electron chi connectivity index (χ2n) is 7.55. The lowest BCUT2D eigenvalue weighted by atomic mass is 9.98. The first-order valence-corrected chi connectivity index (χ1v) is 10.2. The highest BCUT2D eigenvalue weighted by Crippen LogP contribution is 2.40. The Bertz CT molecular complexity index is 1410. The van der Waals surface area contributed by atoms with Crippen molar-refractivity contribution in [2.75, 3.05) is 11.5 Å². The lowest BCUT2D eigenvalue weighted by molar-refractivity contribution is 0.0970. The number of ether oxygens (including phenoxy) is 1. The Morgan fingerprint density at radius 2 is 1.84 bits per heavy atom. The molecule has 0 fully saturated rings. The van der Waals surface area contributed by atoms with E-state index in [0.29, 0.717) is 34.7 Å². The van der Waals surface area contributed by atoms with Crippen molar-refractivity contribution < 1.29 is 13.9 Å².